The van der Waals surface area contributed by atoms with Crippen molar-refractivity contribution in [3.8, 4) is 0 Å². The first kappa shape index (κ1) is 16.1. The van der Waals surface area contributed by atoms with Gasteiger partial charge in [0.1, 0.15) is 5.82 Å². The number of unbranched alkanes of at least 4 members (excludes halogenated alkanes) is 4. The quantitative estimate of drug-likeness (QED) is 0.621. The maximum atomic E-state index is 12.7. The van der Waals surface area contributed by atoms with Gasteiger partial charge < -0.3 is 10.5 Å². The molecule has 0 aliphatic rings. The fraction of sp³-hybridized carbons (Fsp3) is 0.625. The molecule has 0 unspecified atom stereocenters. The highest BCUT2D eigenvalue weighted by Crippen LogP contribution is 2.07. The SMILES string of the molecule is NCCCCCCOCCCCc1ccc(F)cc1. The van der Waals surface area contributed by atoms with Gasteiger partial charge in [0.25, 0.3) is 0 Å². The number of hydrogen-bond donors (Lipinski definition) is 1. The smallest absolute Gasteiger partial charge is 0.123 e. The van der Waals surface area contributed by atoms with Gasteiger partial charge in [-0.05, 0) is 56.3 Å². The predicted molar refractivity (Wildman–Crippen MR) is 77.7 cm³/mol. The predicted octanol–water partition coefficient (Wildman–Crippen LogP) is 3.68. The van der Waals surface area contributed by atoms with Gasteiger partial charge in [0, 0.05) is 13.2 Å². The van der Waals surface area contributed by atoms with Gasteiger partial charge in [-0.25, -0.2) is 4.39 Å². The van der Waals surface area contributed by atoms with Crippen LogP contribution in [0.5, 0.6) is 0 Å². The lowest BCUT2D eigenvalue weighted by atomic mass is 10.1. The minimum absolute atomic E-state index is 0.165. The third-order valence-corrected chi connectivity index (χ3v) is 3.16. The molecule has 0 amide bonds. The van der Waals surface area contributed by atoms with Crippen molar-refractivity contribution in [2.45, 2.75) is 44.9 Å². The maximum Gasteiger partial charge on any atom is 0.123 e. The maximum absolute atomic E-state index is 12.7. The Morgan fingerprint density at radius 3 is 2.16 bits per heavy atom. The Morgan fingerprint density at radius 2 is 1.47 bits per heavy atom. The van der Waals surface area contributed by atoms with Crippen LogP contribution >= 0.6 is 0 Å². The van der Waals surface area contributed by atoms with Crippen LogP contribution in [-0.4, -0.2) is 19.8 Å². The monoisotopic (exact) mass is 267 g/mol. The van der Waals surface area contributed by atoms with Gasteiger partial charge in [-0.2, -0.15) is 0 Å². The third kappa shape index (κ3) is 8.73. The Kier molecular flexibility index (Phi) is 9.29. The van der Waals surface area contributed by atoms with E-state index in [1.165, 1.54) is 30.5 Å². The summed E-state index contributed by atoms with van der Waals surface area (Å²) in [4.78, 5) is 0. The van der Waals surface area contributed by atoms with Crippen molar-refractivity contribution in [3.63, 3.8) is 0 Å². The fourth-order valence-corrected chi connectivity index (χ4v) is 1.99. The molecule has 0 saturated heterocycles. The van der Waals surface area contributed by atoms with Crippen molar-refractivity contribution in [1.29, 1.82) is 0 Å². The van der Waals surface area contributed by atoms with Crippen molar-refractivity contribution < 1.29 is 9.13 Å². The molecule has 0 fully saturated rings. The molecule has 0 saturated carbocycles. The molecule has 0 spiro atoms. The van der Waals surface area contributed by atoms with E-state index in [0.717, 1.165) is 51.9 Å². The normalized spacial score (nSPS) is 10.8. The highest BCUT2D eigenvalue weighted by molar-refractivity contribution is 5.15. The van der Waals surface area contributed by atoms with Crippen LogP contribution in [0.15, 0.2) is 24.3 Å². The van der Waals surface area contributed by atoms with Gasteiger partial charge in [0.05, 0.1) is 0 Å². The summed E-state index contributed by atoms with van der Waals surface area (Å²) in [6.45, 7) is 2.49. The molecular weight excluding hydrogens is 241 g/mol. The first-order chi connectivity index (χ1) is 9.33. The second-order valence-electron chi connectivity index (χ2n) is 4.90. The lowest BCUT2D eigenvalue weighted by Crippen LogP contribution is -2.00. The first-order valence-electron chi connectivity index (χ1n) is 7.35. The zero-order valence-corrected chi connectivity index (χ0v) is 11.7. The molecule has 19 heavy (non-hydrogen) atoms. The van der Waals surface area contributed by atoms with E-state index in [9.17, 15) is 4.39 Å². The van der Waals surface area contributed by atoms with E-state index >= 15 is 0 Å². The Bertz CT molecular complexity index is 313. The summed E-state index contributed by atoms with van der Waals surface area (Å²) >= 11 is 0. The van der Waals surface area contributed by atoms with Crippen LogP contribution in [0.4, 0.5) is 4.39 Å². The average Bonchev–Trinajstić information content (AvgIpc) is 2.43. The molecule has 0 radical (unpaired) electrons. The minimum Gasteiger partial charge on any atom is -0.381 e. The van der Waals surface area contributed by atoms with Crippen LogP contribution < -0.4 is 5.73 Å². The summed E-state index contributed by atoms with van der Waals surface area (Å²) in [7, 11) is 0. The summed E-state index contributed by atoms with van der Waals surface area (Å²) < 4.78 is 18.3. The van der Waals surface area contributed by atoms with Crippen LogP contribution in [0, 0.1) is 5.82 Å². The largest absolute Gasteiger partial charge is 0.381 e. The van der Waals surface area contributed by atoms with E-state index in [4.69, 9.17) is 10.5 Å². The Balaban J connectivity index is 1.87. The van der Waals surface area contributed by atoms with Crippen LogP contribution in [0.1, 0.15) is 44.1 Å². The van der Waals surface area contributed by atoms with Crippen molar-refractivity contribution in [2.24, 2.45) is 5.73 Å². The Morgan fingerprint density at radius 1 is 0.842 bits per heavy atom. The highest BCUT2D eigenvalue weighted by Gasteiger charge is 1.95. The number of nitrogens with two attached hydrogens (primary N) is 1. The van der Waals surface area contributed by atoms with Gasteiger partial charge in [0.2, 0.25) is 0 Å². The van der Waals surface area contributed by atoms with Gasteiger partial charge in [-0.3, -0.25) is 0 Å². The zero-order chi connectivity index (χ0) is 13.8. The van der Waals surface area contributed by atoms with E-state index in [1.54, 1.807) is 0 Å². The van der Waals surface area contributed by atoms with Crippen LogP contribution in [0.25, 0.3) is 0 Å². The van der Waals surface area contributed by atoms with E-state index in [1.807, 2.05) is 12.1 Å². The molecule has 2 nitrogen and oxygen atoms in total. The molecule has 0 atom stereocenters. The van der Waals surface area contributed by atoms with E-state index < -0.39 is 0 Å². The molecule has 1 aromatic carbocycles. The molecule has 0 bridgehead atoms. The molecule has 3 heteroatoms. The molecule has 0 aliphatic carbocycles. The molecule has 108 valence electrons. The van der Waals surface area contributed by atoms with Gasteiger partial charge >= 0.3 is 0 Å². The molecule has 0 aliphatic heterocycles. The molecule has 0 heterocycles. The van der Waals surface area contributed by atoms with Crippen molar-refractivity contribution >= 4 is 0 Å². The number of hydrogen-bond acceptors (Lipinski definition) is 2. The summed E-state index contributed by atoms with van der Waals surface area (Å²) in [5.41, 5.74) is 6.63. The minimum atomic E-state index is -0.165. The van der Waals surface area contributed by atoms with Crippen LogP contribution in [0.3, 0.4) is 0 Å². The Hall–Kier alpha value is -0.930. The lowest BCUT2D eigenvalue weighted by Gasteiger charge is -2.04. The summed E-state index contributed by atoms with van der Waals surface area (Å²) in [5.74, 6) is -0.165. The average molecular weight is 267 g/mol. The van der Waals surface area contributed by atoms with Crippen LogP contribution in [-0.2, 0) is 11.2 Å². The number of rotatable bonds is 11. The number of halogens is 1. The van der Waals surface area contributed by atoms with Crippen molar-refractivity contribution in [1.82, 2.24) is 0 Å². The van der Waals surface area contributed by atoms with E-state index in [-0.39, 0.29) is 5.82 Å². The fourth-order valence-electron chi connectivity index (χ4n) is 1.99. The van der Waals surface area contributed by atoms with Gasteiger partial charge in [-0.15, -0.1) is 0 Å². The second kappa shape index (κ2) is 10.9. The lowest BCUT2D eigenvalue weighted by molar-refractivity contribution is 0.126. The van der Waals surface area contributed by atoms with Gasteiger partial charge in [-0.1, -0.05) is 25.0 Å². The molecule has 2 N–H and O–H groups in total. The number of ether oxygens (including phenoxy) is 1. The van der Waals surface area contributed by atoms with E-state index in [0.29, 0.717) is 0 Å². The molecule has 1 aromatic rings. The van der Waals surface area contributed by atoms with Crippen LogP contribution in [0.2, 0.25) is 0 Å². The zero-order valence-electron chi connectivity index (χ0n) is 11.7. The number of benzene rings is 1. The standard InChI is InChI=1S/C16H26FNO/c17-16-10-8-15(9-11-16)7-3-6-14-19-13-5-2-1-4-12-18/h8-11H,1-7,12-14,18H2. The summed E-state index contributed by atoms with van der Waals surface area (Å²) in [6.07, 6.45) is 7.85. The Labute approximate surface area is 116 Å². The number of aryl methyl sites for hydroxylation is 1. The van der Waals surface area contributed by atoms with Crippen molar-refractivity contribution in [2.75, 3.05) is 19.8 Å². The first-order valence-corrected chi connectivity index (χ1v) is 7.35. The molecular formula is C16H26FNO. The highest BCUT2D eigenvalue weighted by atomic mass is 19.1. The second-order valence-corrected chi connectivity index (χ2v) is 4.90. The summed E-state index contributed by atoms with van der Waals surface area (Å²) in [6, 6.07) is 6.75. The third-order valence-electron chi connectivity index (χ3n) is 3.16. The topological polar surface area (TPSA) is 35.2 Å². The summed E-state index contributed by atoms with van der Waals surface area (Å²) in [5, 5.41) is 0. The van der Waals surface area contributed by atoms with Crippen molar-refractivity contribution in [3.05, 3.63) is 35.6 Å². The molecule has 1 rings (SSSR count). The van der Waals surface area contributed by atoms with Gasteiger partial charge in [0.15, 0.2) is 0 Å². The van der Waals surface area contributed by atoms with E-state index in [2.05, 4.69) is 0 Å². The molecule has 0 aromatic heterocycles.